The van der Waals surface area contributed by atoms with Crippen molar-refractivity contribution in [3.63, 3.8) is 0 Å². The van der Waals surface area contributed by atoms with Crippen LogP contribution in [0.3, 0.4) is 0 Å². The molecule has 6 nitrogen and oxygen atoms in total. The molecule has 0 atom stereocenters. The van der Waals surface area contributed by atoms with E-state index in [2.05, 4.69) is 43.6 Å². The molecule has 0 bridgehead atoms. The van der Waals surface area contributed by atoms with Crippen LogP contribution in [0.25, 0.3) is 6.08 Å². The second kappa shape index (κ2) is 8.22. The fourth-order valence-corrected chi connectivity index (χ4v) is 4.22. The summed E-state index contributed by atoms with van der Waals surface area (Å²) in [7, 11) is 0. The molecule has 0 spiro atoms. The lowest BCUT2D eigenvalue weighted by Crippen LogP contribution is -2.21. The van der Waals surface area contributed by atoms with Crippen molar-refractivity contribution in [1.29, 1.82) is 0 Å². The van der Waals surface area contributed by atoms with E-state index in [0.29, 0.717) is 32.8 Å². The zero-order valence-corrected chi connectivity index (χ0v) is 17.9. The van der Waals surface area contributed by atoms with Crippen molar-refractivity contribution in [3.05, 3.63) is 61.6 Å². The second-order valence-corrected chi connectivity index (χ2v) is 7.78. The third-order valence-electron chi connectivity index (χ3n) is 3.74. The van der Waals surface area contributed by atoms with Gasteiger partial charge in [-0.25, -0.2) is 4.79 Å². The number of rotatable bonds is 5. The van der Waals surface area contributed by atoms with E-state index in [0.717, 1.165) is 3.57 Å². The van der Waals surface area contributed by atoms with Crippen LogP contribution in [0.15, 0.2) is 57.6 Å². The number of nitrogens with zero attached hydrogens (tertiary/aromatic N) is 2. The summed E-state index contributed by atoms with van der Waals surface area (Å²) >= 11 is 5.54. The van der Waals surface area contributed by atoms with E-state index in [-0.39, 0.29) is 5.91 Å². The Hall–Kier alpha value is -2.20. The lowest BCUT2D eigenvalue weighted by Gasteiger charge is -2.12. The first kappa shape index (κ1) is 19.6. The van der Waals surface area contributed by atoms with Gasteiger partial charge in [-0.2, -0.15) is 10.1 Å². The predicted molar refractivity (Wildman–Crippen MR) is 115 cm³/mol. The van der Waals surface area contributed by atoms with Gasteiger partial charge < -0.3 is 9.84 Å². The minimum Gasteiger partial charge on any atom is -0.480 e. The number of anilines is 1. The number of hydrogen-bond donors (Lipinski definition) is 1. The quantitative estimate of drug-likeness (QED) is 0.452. The van der Waals surface area contributed by atoms with Gasteiger partial charge >= 0.3 is 5.97 Å². The number of carboxylic acids is 1. The third-order valence-corrected chi connectivity index (χ3v) is 4.95. The predicted octanol–water partition coefficient (Wildman–Crippen LogP) is 4.32. The van der Waals surface area contributed by atoms with Crippen LogP contribution in [0.5, 0.6) is 5.75 Å². The highest BCUT2D eigenvalue weighted by molar-refractivity contribution is 14.1. The summed E-state index contributed by atoms with van der Waals surface area (Å²) in [5.74, 6) is -0.967. The van der Waals surface area contributed by atoms with E-state index >= 15 is 0 Å². The van der Waals surface area contributed by atoms with Crippen molar-refractivity contribution in [2.24, 2.45) is 5.10 Å². The van der Waals surface area contributed by atoms with E-state index in [1.54, 1.807) is 25.1 Å². The Morgan fingerprint density at radius 3 is 2.70 bits per heavy atom. The Morgan fingerprint density at radius 2 is 2.04 bits per heavy atom. The first-order valence-electron chi connectivity index (χ1n) is 7.87. The number of carbonyl (C=O) groups excluding carboxylic acids is 1. The Balaban J connectivity index is 2.00. The maximum Gasteiger partial charge on any atom is 0.341 e. The molecule has 8 heteroatoms. The minimum atomic E-state index is -1.08. The highest BCUT2D eigenvalue weighted by atomic mass is 127. The molecule has 0 fully saturated rings. The van der Waals surface area contributed by atoms with E-state index in [4.69, 9.17) is 9.84 Å². The average molecular weight is 541 g/mol. The molecule has 0 saturated carbocycles. The van der Waals surface area contributed by atoms with E-state index in [1.165, 1.54) is 5.01 Å². The molecule has 2 aromatic carbocycles. The Morgan fingerprint density at radius 1 is 1.33 bits per heavy atom. The average Bonchev–Trinajstić information content (AvgIpc) is 2.89. The van der Waals surface area contributed by atoms with Crippen molar-refractivity contribution < 1.29 is 19.4 Å². The standard InChI is InChI=1S/C19H14BrIN2O4/c1-11-15(19(26)23(22-11)14-5-3-2-4-6-14)8-12-7-13(21)9-16(20)18(12)27-10-17(24)25/h2-9H,10H2,1H3,(H,24,25)/b15-8-. The van der Waals surface area contributed by atoms with Crippen molar-refractivity contribution in [3.8, 4) is 5.75 Å². The third kappa shape index (κ3) is 4.38. The van der Waals surface area contributed by atoms with Gasteiger partial charge in [-0.05, 0) is 75.8 Å². The first-order valence-corrected chi connectivity index (χ1v) is 9.74. The lowest BCUT2D eigenvalue weighted by atomic mass is 10.1. The molecule has 2 aromatic rings. The summed E-state index contributed by atoms with van der Waals surface area (Å²) in [6.45, 7) is 1.28. The second-order valence-electron chi connectivity index (χ2n) is 5.68. The Labute approximate surface area is 177 Å². The SMILES string of the molecule is CC1=NN(c2ccccc2)C(=O)/C1=C\c1cc(I)cc(Br)c1OCC(=O)O. The number of hydrazone groups is 1. The zero-order valence-electron chi connectivity index (χ0n) is 14.1. The van der Waals surface area contributed by atoms with Gasteiger partial charge in [-0.3, -0.25) is 4.79 Å². The van der Waals surface area contributed by atoms with Crippen molar-refractivity contribution in [1.82, 2.24) is 0 Å². The number of aliphatic carboxylic acids is 1. The molecule has 0 aromatic heterocycles. The van der Waals surface area contributed by atoms with Gasteiger partial charge in [-0.15, -0.1) is 0 Å². The molecule has 1 aliphatic heterocycles. The van der Waals surface area contributed by atoms with Gasteiger partial charge in [0.15, 0.2) is 6.61 Å². The molecule has 0 unspecified atom stereocenters. The van der Waals surface area contributed by atoms with Gasteiger partial charge in [0.05, 0.1) is 21.4 Å². The molecular weight excluding hydrogens is 527 g/mol. The Bertz CT molecular complexity index is 973. The summed E-state index contributed by atoms with van der Waals surface area (Å²) < 4.78 is 6.94. The molecule has 1 heterocycles. The largest absolute Gasteiger partial charge is 0.480 e. The summed E-state index contributed by atoms with van der Waals surface area (Å²) in [6.07, 6.45) is 1.67. The van der Waals surface area contributed by atoms with Gasteiger partial charge in [0, 0.05) is 9.13 Å². The van der Waals surface area contributed by atoms with Crippen LogP contribution in [0.4, 0.5) is 5.69 Å². The summed E-state index contributed by atoms with van der Waals surface area (Å²) in [5.41, 5.74) is 2.27. The fraction of sp³-hybridized carbons (Fsp3) is 0.105. The van der Waals surface area contributed by atoms with Crippen LogP contribution in [0, 0.1) is 3.57 Å². The number of amides is 1. The molecule has 0 radical (unpaired) electrons. The van der Waals surface area contributed by atoms with E-state index in [1.807, 2.05) is 30.3 Å². The summed E-state index contributed by atoms with van der Waals surface area (Å²) in [6, 6.07) is 12.8. The maximum absolute atomic E-state index is 12.9. The zero-order chi connectivity index (χ0) is 19.6. The molecule has 27 heavy (non-hydrogen) atoms. The molecule has 0 aliphatic carbocycles. The number of ether oxygens (including phenoxy) is 1. The van der Waals surface area contributed by atoms with Crippen LogP contribution < -0.4 is 9.75 Å². The lowest BCUT2D eigenvalue weighted by molar-refractivity contribution is -0.139. The number of halogens is 2. The molecular formula is C19H14BrIN2O4. The molecule has 1 amide bonds. The van der Waals surface area contributed by atoms with Gasteiger partial charge in [-0.1, -0.05) is 18.2 Å². The van der Waals surface area contributed by atoms with Gasteiger partial charge in [0.1, 0.15) is 5.75 Å². The van der Waals surface area contributed by atoms with E-state index < -0.39 is 12.6 Å². The highest BCUT2D eigenvalue weighted by Crippen LogP contribution is 2.34. The summed E-state index contributed by atoms with van der Waals surface area (Å²) in [4.78, 5) is 23.7. The van der Waals surface area contributed by atoms with E-state index in [9.17, 15) is 9.59 Å². The van der Waals surface area contributed by atoms with Crippen molar-refractivity contribution in [2.75, 3.05) is 11.6 Å². The first-order chi connectivity index (χ1) is 12.9. The molecule has 1 N–H and O–H groups in total. The number of benzene rings is 2. The van der Waals surface area contributed by atoms with Crippen LogP contribution >= 0.6 is 38.5 Å². The van der Waals surface area contributed by atoms with Crippen LogP contribution in [-0.4, -0.2) is 29.3 Å². The number of hydrogen-bond acceptors (Lipinski definition) is 4. The smallest absolute Gasteiger partial charge is 0.341 e. The molecule has 138 valence electrons. The highest BCUT2D eigenvalue weighted by Gasteiger charge is 2.29. The maximum atomic E-state index is 12.9. The Kier molecular flexibility index (Phi) is 5.95. The summed E-state index contributed by atoms with van der Waals surface area (Å²) in [5, 5.41) is 14.6. The van der Waals surface area contributed by atoms with Crippen LogP contribution in [-0.2, 0) is 9.59 Å². The number of carboxylic acid groups (broad SMARTS) is 1. The molecule has 1 aliphatic rings. The van der Waals surface area contributed by atoms with Crippen molar-refractivity contribution >= 4 is 67.9 Å². The van der Waals surface area contributed by atoms with Gasteiger partial charge in [0.25, 0.3) is 5.91 Å². The topological polar surface area (TPSA) is 79.2 Å². The number of para-hydroxylation sites is 1. The molecule has 3 rings (SSSR count). The normalized spacial score (nSPS) is 15.2. The molecule has 0 saturated heterocycles. The van der Waals surface area contributed by atoms with Gasteiger partial charge in [0.2, 0.25) is 0 Å². The van der Waals surface area contributed by atoms with Crippen LogP contribution in [0.2, 0.25) is 0 Å². The van der Waals surface area contributed by atoms with Crippen LogP contribution in [0.1, 0.15) is 12.5 Å². The minimum absolute atomic E-state index is 0.252. The van der Waals surface area contributed by atoms with Crippen molar-refractivity contribution in [2.45, 2.75) is 6.92 Å². The monoisotopic (exact) mass is 540 g/mol. The fourth-order valence-electron chi connectivity index (χ4n) is 2.56. The number of carbonyl (C=O) groups is 2.